The molecule has 0 aliphatic carbocycles. The van der Waals surface area contributed by atoms with Crippen LogP contribution >= 0.6 is 0 Å². The minimum Gasteiger partial charge on any atom is -0.372 e. The lowest BCUT2D eigenvalue weighted by Gasteiger charge is -2.39. The predicted molar refractivity (Wildman–Crippen MR) is 110 cm³/mol. The number of para-hydroxylation sites is 1. The summed E-state index contributed by atoms with van der Waals surface area (Å²) in [4.78, 5) is 31.7. The predicted octanol–water partition coefficient (Wildman–Crippen LogP) is 2.23. The second kappa shape index (κ2) is 7.14. The molecular formula is C21H25N5O2. The number of piperidine rings is 1. The molecule has 5 rings (SSSR count). The van der Waals surface area contributed by atoms with Gasteiger partial charge in [0.05, 0.1) is 16.3 Å². The normalized spacial score (nSPS) is 21.6. The Kier molecular flexibility index (Phi) is 4.66. The first kappa shape index (κ1) is 18.3. The Bertz CT molecular complexity index is 1040. The van der Waals surface area contributed by atoms with Crippen molar-refractivity contribution in [3.05, 3.63) is 36.0 Å². The van der Waals surface area contributed by atoms with Crippen LogP contribution in [0.5, 0.6) is 0 Å². The molecule has 4 heterocycles. The molecule has 2 saturated heterocycles. The van der Waals surface area contributed by atoms with Crippen LogP contribution in [0.4, 0.5) is 5.82 Å². The molecule has 2 amide bonds. The van der Waals surface area contributed by atoms with E-state index in [9.17, 15) is 4.79 Å². The summed E-state index contributed by atoms with van der Waals surface area (Å²) in [5.74, 6) is 1.23. The van der Waals surface area contributed by atoms with Gasteiger partial charge in [0.25, 0.3) is 0 Å². The van der Waals surface area contributed by atoms with Crippen LogP contribution in [0.25, 0.3) is 21.8 Å². The molecule has 28 heavy (non-hydrogen) atoms. The Hall–Kier alpha value is -3.09. The molecule has 0 bridgehead atoms. The number of rotatable bonds is 1. The van der Waals surface area contributed by atoms with Gasteiger partial charge in [0.15, 0.2) is 0 Å². The number of fused-ring (bicyclic) bond motifs is 3. The van der Waals surface area contributed by atoms with Gasteiger partial charge in [-0.3, -0.25) is 9.59 Å². The Morgan fingerprint density at radius 3 is 2.82 bits per heavy atom. The number of aryl methyl sites for hydroxylation is 1. The first-order valence-corrected chi connectivity index (χ1v) is 9.64. The van der Waals surface area contributed by atoms with E-state index in [0.717, 1.165) is 61.3 Å². The molecule has 2 fully saturated rings. The van der Waals surface area contributed by atoms with Crippen LogP contribution in [0, 0.1) is 12.3 Å². The van der Waals surface area contributed by atoms with Gasteiger partial charge in [-0.2, -0.15) is 0 Å². The molecule has 0 unspecified atom stereocenters. The second-order valence-electron chi connectivity index (χ2n) is 7.63. The highest BCUT2D eigenvalue weighted by Crippen LogP contribution is 2.41. The zero-order valence-corrected chi connectivity index (χ0v) is 16.0. The van der Waals surface area contributed by atoms with E-state index in [0.29, 0.717) is 0 Å². The van der Waals surface area contributed by atoms with Gasteiger partial charge in [-0.15, -0.1) is 0 Å². The van der Waals surface area contributed by atoms with Crippen LogP contribution in [0.2, 0.25) is 0 Å². The van der Waals surface area contributed by atoms with E-state index in [4.69, 9.17) is 9.78 Å². The lowest BCUT2D eigenvalue weighted by molar-refractivity contribution is -0.128. The number of anilines is 1. The minimum absolute atomic E-state index is 0.222. The van der Waals surface area contributed by atoms with E-state index >= 15 is 0 Å². The highest BCUT2D eigenvalue weighted by Gasteiger charge is 2.45. The zero-order valence-electron chi connectivity index (χ0n) is 16.0. The van der Waals surface area contributed by atoms with Gasteiger partial charge >= 0.3 is 0 Å². The maximum atomic E-state index is 12.4. The van der Waals surface area contributed by atoms with Crippen molar-refractivity contribution in [2.75, 3.05) is 24.5 Å². The number of H-pyrrole nitrogens is 1. The first-order valence-electron chi connectivity index (χ1n) is 9.64. The summed E-state index contributed by atoms with van der Waals surface area (Å²) in [6.07, 6.45) is 5.15. The smallest absolute Gasteiger partial charge is 0.228 e. The molecule has 0 saturated carbocycles. The molecule has 7 nitrogen and oxygen atoms in total. The summed E-state index contributed by atoms with van der Waals surface area (Å²) in [6.45, 7) is 4.62. The average molecular weight is 379 g/mol. The minimum atomic E-state index is -0.233. The molecule has 2 aromatic heterocycles. The lowest BCUT2D eigenvalue weighted by atomic mass is 9.78. The Labute approximate surface area is 163 Å². The number of pyridine rings is 1. The highest BCUT2D eigenvalue weighted by molar-refractivity contribution is 6.13. The fourth-order valence-corrected chi connectivity index (χ4v) is 4.62. The van der Waals surface area contributed by atoms with E-state index in [1.165, 1.54) is 10.8 Å². The van der Waals surface area contributed by atoms with Crippen molar-refractivity contribution in [3.8, 4) is 0 Å². The summed E-state index contributed by atoms with van der Waals surface area (Å²) in [5.41, 5.74) is 7.38. The van der Waals surface area contributed by atoms with Gasteiger partial charge in [-0.25, -0.2) is 4.98 Å². The number of nitrogens with one attached hydrogen (secondary N) is 2. The van der Waals surface area contributed by atoms with Gasteiger partial charge in [-0.05, 0) is 37.8 Å². The van der Waals surface area contributed by atoms with Gasteiger partial charge in [0.1, 0.15) is 5.82 Å². The standard InChI is InChI=1S/C20H22N4O.CH3NO/c1-13-11-22-18(16-14-5-2-3-6-15(14)23-17(13)16)24-10-4-7-20(12-24)8-9-21-19(20)25;2-1-3/h2-3,5-6,11,23H,4,7-10,12H2,1H3,(H,21,25);1H,(H2,2,3)/t20-;/m0./s1. The number of hydrogen-bond acceptors (Lipinski definition) is 4. The van der Waals surface area contributed by atoms with Crippen molar-refractivity contribution >= 4 is 39.9 Å². The number of carbonyl (C=O) groups excluding carboxylic acids is 2. The number of nitrogens with two attached hydrogens (primary N) is 1. The molecule has 2 aliphatic rings. The molecule has 3 aromatic rings. The summed E-state index contributed by atoms with van der Waals surface area (Å²) in [5, 5.41) is 5.42. The van der Waals surface area contributed by atoms with Crippen molar-refractivity contribution in [1.29, 1.82) is 0 Å². The van der Waals surface area contributed by atoms with Gasteiger partial charge in [0.2, 0.25) is 12.3 Å². The van der Waals surface area contributed by atoms with Crippen molar-refractivity contribution in [3.63, 3.8) is 0 Å². The average Bonchev–Trinajstić information content (AvgIpc) is 3.25. The van der Waals surface area contributed by atoms with Crippen LogP contribution in [0.1, 0.15) is 24.8 Å². The summed E-state index contributed by atoms with van der Waals surface area (Å²) >= 11 is 0. The third-order valence-corrected chi connectivity index (χ3v) is 5.95. The Balaban J connectivity index is 0.000000604. The summed E-state index contributed by atoms with van der Waals surface area (Å²) in [7, 11) is 0. The summed E-state index contributed by atoms with van der Waals surface area (Å²) < 4.78 is 0. The monoisotopic (exact) mass is 379 g/mol. The number of hydrogen-bond donors (Lipinski definition) is 3. The maximum absolute atomic E-state index is 12.4. The van der Waals surface area contributed by atoms with E-state index in [-0.39, 0.29) is 17.7 Å². The number of amides is 2. The summed E-state index contributed by atoms with van der Waals surface area (Å²) in [6, 6.07) is 8.39. The van der Waals surface area contributed by atoms with Crippen molar-refractivity contribution in [1.82, 2.24) is 15.3 Å². The number of primary amides is 1. The van der Waals surface area contributed by atoms with Crippen LogP contribution in [-0.2, 0) is 9.59 Å². The molecule has 1 spiro atoms. The maximum Gasteiger partial charge on any atom is 0.228 e. The highest BCUT2D eigenvalue weighted by atomic mass is 16.2. The quantitative estimate of drug-likeness (QED) is 0.564. The largest absolute Gasteiger partial charge is 0.372 e. The Morgan fingerprint density at radius 1 is 1.29 bits per heavy atom. The fourth-order valence-electron chi connectivity index (χ4n) is 4.62. The van der Waals surface area contributed by atoms with Crippen molar-refractivity contribution < 1.29 is 9.59 Å². The first-order chi connectivity index (χ1) is 13.6. The molecule has 0 radical (unpaired) electrons. The molecule has 1 aromatic carbocycles. The third-order valence-electron chi connectivity index (χ3n) is 5.95. The zero-order chi connectivity index (χ0) is 19.7. The van der Waals surface area contributed by atoms with E-state index in [2.05, 4.69) is 52.1 Å². The molecular weight excluding hydrogens is 354 g/mol. The van der Waals surface area contributed by atoms with Crippen LogP contribution in [0.15, 0.2) is 30.5 Å². The third kappa shape index (κ3) is 2.87. The number of aromatic amines is 1. The van der Waals surface area contributed by atoms with Crippen LogP contribution in [-0.4, -0.2) is 41.9 Å². The van der Waals surface area contributed by atoms with E-state index in [1.807, 2.05) is 6.20 Å². The molecule has 4 N–H and O–H groups in total. The number of nitrogens with zero attached hydrogens (tertiary/aromatic N) is 2. The molecule has 7 heteroatoms. The van der Waals surface area contributed by atoms with E-state index in [1.54, 1.807) is 0 Å². The number of carbonyl (C=O) groups is 2. The van der Waals surface area contributed by atoms with Crippen LogP contribution < -0.4 is 16.0 Å². The SMILES string of the molecule is Cc1cnc(N2CCC[C@]3(CCNC3=O)C2)c2c1[nH]c1ccccc12.NC=O. The molecule has 1 atom stereocenters. The second-order valence-corrected chi connectivity index (χ2v) is 7.63. The number of aromatic nitrogens is 2. The fraction of sp³-hybridized carbons (Fsp3) is 0.381. The van der Waals surface area contributed by atoms with Gasteiger partial charge in [-0.1, -0.05) is 18.2 Å². The van der Waals surface area contributed by atoms with Crippen LogP contribution in [0.3, 0.4) is 0 Å². The van der Waals surface area contributed by atoms with Gasteiger partial charge < -0.3 is 20.9 Å². The molecule has 146 valence electrons. The van der Waals surface area contributed by atoms with Crippen molar-refractivity contribution in [2.24, 2.45) is 11.1 Å². The molecule has 2 aliphatic heterocycles. The Morgan fingerprint density at radius 2 is 2.07 bits per heavy atom. The topological polar surface area (TPSA) is 104 Å². The van der Waals surface area contributed by atoms with Crippen molar-refractivity contribution in [2.45, 2.75) is 26.2 Å². The lowest BCUT2D eigenvalue weighted by Crippen LogP contribution is -2.47. The van der Waals surface area contributed by atoms with E-state index < -0.39 is 0 Å². The number of benzene rings is 1. The van der Waals surface area contributed by atoms with Gasteiger partial charge in [0, 0.05) is 36.7 Å².